The summed E-state index contributed by atoms with van der Waals surface area (Å²) < 4.78 is 17.8. The Kier molecular flexibility index (Phi) is 6.13. The molecular weight excluding hydrogens is 402 g/mol. The molecule has 0 aliphatic heterocycles. The highest BCUT2D eigenvalue weighted by Gasteiger charge is 2.13. The minimum Gasteiger partial charge on any atom is -0.497 e. The first-order valence-corrected chi connectivity index (χ1v) is 10.3. The van der Waals surface area contributed by atoms with Crippen LogP contribution in [0.1, 0.15) is 29.9 Å². The van der Waals surface area contributed by atoms with Crippen molar-refractivity contribution in [3.63, 3.8) is 0 Å². The van der Waals surface area contributed by atoms with E-state index in [-0.39, 0.29) is 23.9 Å². The molecule has 30 heavy (non-hydrogen) atoms. The van der Waals surface area contributed by atoms with Crippen molar-refractivity contribution in [3.05, 3.63) is 64.3 Å². The first-order chi connectivity index (χ1) is 14.6. The summed E-state index contributed by atoms with van der Waals surface area (Å²) in [4.78, 5) is 12.5. The van der Waals surface area contributed by atoms with Crippen molar-refractivity contribution in [1.82, 2.24) is 9.78 Å². The molecule has 0 fully saturated rings. The summed E-state index contributed by atoms with van der Waals surface area (Å²) in [6, 6.07) is 13.3. The van der Waals surface area contributed by atoms with Gasteiger partial charge >= 0.3 is 0 Å². The zero-order valence-electron chi connectivity index (χ0n) is 16.7. The Bertz CT molecular complexity index is 1110. The molecule has 0 unspecified atom stereocenters. The van der Waals surface area contributed by atoms with Crippen LogP contribution in [0.3, 0.4) is 0 Å². The van der Waals surface area contributed by atoms with Crippen LogP contribution in [0.15, 0.2) is 46.9 Å². The molecule has 0 atom stereocenters. The van der Waals surface area contributed by atoms with Gasteiger partial charge in [0, 0.05) is 11.8 Å². The summed E-state index contributed by atoms with van der Waals surface area (Å²) in [7, 11) is 1.57. The predicted molar refractivity (Wildman–Crippen MR) is 114 cm³/mol. The molecule has 1 heterocycles. The smallest absolute Gasteiger partial charge is 0.287 e. The fourth-order valence-corrected chi connectivity index (χ4v) is 3.69. The van der Waals surface area contributed by atoms with Crippen molar-refractivity contribution < 1.29 is 18.7 Å². The fraction of sp³-hybridized carbons (Fsp3) is 0.318. The van der Waals surface area contributed by atoms with E-state index in [2.05, 4.69) is 22.5 Å². The molecule has 1 amide bonds. The maximum absolute atomic E-state index is 12.3. The molecule has 1 N–H and O–H groups in total. The lowest BCUT2D eigenvalue weighted by Crippen LogP contribution is -2.19. The van der Waals surface area contributed by atoms with E-state index in [0.717, 1.165) is 18.6 Å². The zero-order chi connectivity index (χ0) is 20.9. The number of fused-ring (bicyclic) bond motifs is 1. The number of methoxy groups -OCH3 is 1. The molecule has 0 spiro atoms. The second kappa shape index (κ2) is 9.13. The van der Waals surface area contributed by atoms with E-state index in [1.165, 1.54) is 28.7 Å². The minimum atomic E-state index is -0.269. The van der Waals surface area contributed by atoms with Crippen molar-refractivity contribution in [3.8, 4) is 11.5 Å². The average Bonchev–Trinajstić information content (AvgIpc) is 3.11. The molecule has 4 rings (SSSR count). The molecule has 3 aromatic rings. The van der Waals surface area contributed by atoms with Crippen molar-refractivity contribution >= 4 is 23.8 Å². The number of ether oxygens (including phenoxy) is 2. The maximum Gasteiger partial charge on any atom is 0.287 e. The fourth-order valence-electron chi connectivity index (χ4n) is 3.49. The van der Waals surface area contributed by atoms with Crippen molar-refractivity contribution in [1.29, 1.82) is 0 Å². The molecule has 7 nitrogen and oxygen atoms in total. The van der Waals surface area contributed by atoms with E-state index in [9.17, 15) is 4.79 Å². The van der Waals surface area contributed by atoms with Crippen LogP contribution >= 0.6 is 12.2 Å². The number of amides is 1. The molecule has 0 bridgehead atoms. The maximum atomic E-state index is 12.3. The van der Waals surface area contributed by atoms with Gasteiger partial charge in [0.2, 0.25) is 5.91 Å². The zero-order valence-corrected chi connectivity index (χ0v) is 17.5. The molecule has 0 saturated heterocycles. The highest BCUT2D eigenvalue weighted by Crippen LogP contribution is 2.25. The number of aromatic nitrogens is 2. The van der Waals surface area contributed by atoms with Gasteiger partial charge in [0.05, 0.1) is 7.11 Å². The average molecular weight is 426 g/mol. The van der Waals surface area contributed by atoms with Crippen LogP contribution < -0.4 is 14.8 Å². The Hall–Kier alpha value is -3.13. The molecule has 8 heteroatoms. The number of nitrogens with zero attached hydrogens (tertiary/aromatic N) is 2. The third-order valence-electron chi connectivity index (χ3n) is 4.98. The quantitative estimate of drug-likeness (QED) is 0.569. The van der Waals surface area contributed by atoms with Gasteiger partial charge in [-0.1, -0.05) is 12.1 Å². The van der Waals surface area contributed by atoms with Crippen LogP contribution in [-0.4, -0.2) is 22.8 Å². The molecular formula is C22H23N3O4S. The van der Waals surface area contributed by atoms with Gasteiger partial charge in [-0.15, -0.1) is 5.10 Å². The van der Waals surface area contributed by atoms with Gasteiger partial charge in [-0.05, 0) is 73.3 Å². The Labute approximate surface area is 179 Å². The van der Waals surface area contributed by atoms with Crippen LogP contribution in [0.25, 0.3) is 0 Å². The molecule has 1 aliphatic carbocycles. The molecule has 0 radical (unpaired) electrons. The monoisotopic (exact) mass is 425 g/mol. The van der Waals surface area contributed by atoms with E-state index < -0.39 is 0 Å². The van der Waals surface area contributed by atoms with Gasteiger partial charge in [0.15, 0.2) is 6.61 Å². The van der Waals surface area contributed by atoms with E-state index in [0.29, 0.717) is 17.3 Å². The summed E-state index contributed by atoms with van der Waals surface area (Å²) in [5.74, 6) is 1.50. The van der Waals surface area contributed by atoms with E-state index in [4.69, 9.17) is 26.1 Å². The minimum absolute atomic E-state index is 0.0572. The van der Waals surface area contributed by atoms with Gasteiger partial charge in [-0.2, -0.15) is 0 Å². The van der Waals surface area contributed by atoms with E-state index in [1.807, 2.05) is 6.07 Å². The number of benzene rings is 2. The summed E-state index contributed by atoms with van der Waals surface area (Å²) in [5, 5.41) is 7.05. The molecule has 1 aliphatic rings. The number of hydrogen-bond donors (Lipinski definition) is 1. The Morgan fingerprint density at radius 3 is 2.83 bits per heavy atom. The van der Waals surface area contributed by atoms with Crippen LogP contribution in [0.4, 0.5) is 5.69 Å². The summed E-state index contributed by atoms with van der Waals surface area (Å²) in [5.41, 5.74) is 3.38. The third kappa shape index (κ3) is 4.88. The van der Waals surface area contributed by atoms with Crippen molar-refractivity contribution in [2.24, 2.45) is 0 Å². The number of aryl methyl sites for hydroxylation is 2. The first kappa shape index (κ1) is 20.2. The second-order valence-electron chi connectivity index (χ2n) is 7.13. The first-order valence-electron chi connectivity index (χ1n) is 9.86. The lowest BCUT2D eigenvalue weighted by Gasteiger charge is -2.16. The van der Waals surface area contributed by atoms with Crippen LogP contribution in [-0.2, 0) is 30.8 Å². The standard InChI is InChI=1S/C22H23N3O4S/c1-27-18-8-4-7-17(12-18)23-20(26)13-25-22(30)29-21(24-25)14-28-19-10-9-15-5-2-3-6-16(15)11-19/h4,7-12H,2-3,5-6,13-14H2,1H3,(H,23,26). The van der Waals surface area contributed by atoms with E-state index in [1.54, 1.807) is 31.4 Å². The van der Waals surface area contributed by atoms with Gasteiger partial charge in [0.25, 0.3) is 10.7 Å². The number of nitrogens with one attached hydrogen (secondary N) is 1. The highest BCUT2D eigenvalue weighted by molar-refractivity contribution is 7.71. The summed E-state index contributed by atoms with van der Waals surface area (Å²) in [6.45, 7) is 0.0886. The van der Waals surface area contributed by atoms with Crippen LogP contribution in [0, 0.1) is 4.84 Å². The molecule has 2 aromatic carbocycles. The number of hydrogen-bond acceptors (Lipinski definition) is 6. The Morgan fingerprint density at radius 1 is 1.17 bits per heavy atom. The van der Waals surface area contributed by atoms with Gasteiger partial charge in [0.1, 0.15) is 18.0 Å². The Balaban J connectivity index is 1.36. The lowest BCUT2D eigenvalue weighted by molar-refractivity contribution is -0.117. The molecule has 1 aromatic heterocycles. The van der Waals surface area contributed by atoms with Crippen LogP contribution in [0.5, 0.6) is 11.5 Å². The predicted octanol–water partition coefficient (Wildman–Crippen LogP) is 4.31. The summed E-state index contributed by atoms with van der Waals surface area (Å²) >= 11 is 5.18. The number of carbonyl (C=O) groups excluding carboxylic acids is 1. The number of carbonyl (C=O) groups is 1. The van der Waals surface area contributed by atoms with Gasteiger partial charge < -0.3 is 19.2 Å². The van der Waals surface area contributed by atoms with Crippen molar-refractivity contribution in [2.45, 2.75) is 38.8 Å². The normalized spacial score (nSPS) is 12.8. The highest BCUT2D eigenvalue weighted by atomic mass is 32.1. The van der Waals surface area contributed by atoms with Crippen molar-refractivity contribution in [2.75, 3.05) is 12.4 Å². The molecule has 156 valence electrons. The largest absolute Gasteiger partial charge is 0.497 e. The number of anilines is 1. The number of rotatable bonds is 7. The Morgan fingerprint density at radius 2 is 2.00 bits per heavy atom. The summed E-state index contributed by atoms with van der Waals surface area (Å²) in [6.07, 6.45) is 4.68. The molecule has 0 saturated carbocycles. The SMILES string of the molecule is COc1cccc(NC(=O)Cn2nc(COc3ccc4c(c3)CCCC4)oc2=S)c1. The van der Waals surface area contributed by atoms with E-state index >= 15 is 0 Å². The van der Waals surface area contributed by atoms with Crippen LogP contribution in [0.2, 0.25) is 0 Å². The van der Waals surface area contributed by atoms with Gasteiger partial charge in [-0.25, -0.2) is 4.68 Å². The lowest BCUT2D eigenvalue weighted by atomic mass is 9.92. The second-order valence-corrected chi connectivity index (χ2v) is 7.48. The topological polar surface area (TPSA) is 78.5 Å². The third-order valence-corrected chi connectivity index (χ3v) is 5.27. The van der Waals surface area contributed by atoms with Gasteiger partial charge in [-0.3, -0.25) is 4.79 Å².